The van der Waals surface area contributed by atoms with E-state index in [0.717, 1.165) is 33.3 Å². The summed E-state index contributed by atoms with van der Waals surface area (Å²) in [5, 5.41) is 7.45. The van der Waals surface area contributed by atoms with Gasteiger partial charge in [0.15, 0.2) is 5.13 Å². The first-order valence-corrected chi connectivity index (χ1v) is 9.78. The predicted octanol–water partition coefficient (Wildman–Crippen LogP) is 4.85. The van der Waals surface area contributed by atoms with Crippen LogP contribution in [0.4, 0.5) is 5.13 Å². The number of thioether (sulfide) groups is 1. The lowest BCUT2D eigenvalue weighted by atomic mass is 10.2. The minimum Gasteiger partial charge on any atom is -0.360 e. The quantitative estimate of drug-likeness (QED) is 0.625. The first-order chi connectivity index (χ1) is 12.1. The van der Waals surface area contributed by atoms with Gasteiger partial charge in [0.25, 0.3) is 5.91 Å². The Morgan fingerprint density at radius 1 is 1.32 bits per heavy atom. The largest absolute Gasteiger partial charge is 0.360 e. The molecule has 2 aromatic heterocycles. The highest BCUT2D eigenvalue weighted by Gasteiger charge is 2.15. The van der Waals surface area contributed by atoms with E-state index >= 15 is 0 Å². The maximum Gasteiger partial charge on any atom is 0.258 e. The van der Waals surface area contributed by atoms with Gasteiger partial charge in [-0.3, -0.25) is 10.1 Å². The third-order valence-electron chi connectivity index (χ3n) is 3.63. The van der Waals surface area contributed by atoms with E-state index in [9.17, 15) is 4.79 Å². The van der Waals surface area contributed by atoms with E-state index in [1.165, 1.54) is 11.3 Å². The molecule has 0 saturated heterocycles. The summed E-state index contributed by atoms with van der Waals surface area (Å²) >= 11 is 3.06. The normalized spacial score (nSPS) is 10.8. The molecule has 0 saturated carbocycles. The number of hydrogen-bond donors (Lipinski definition) is 1. The van der Waals surface area contributed by atoms with Gasteiger partial charge in [-0.2, -0.15) is 0 Å². The highest BCUT2D eigenvalue weighted by molar-refractivity contribution is 7.98. The smallest absolute Gasteiger partial charge is 0.258 e. The number of amides is 1. The molecule has 0 atom stereocenters. The van der Waals surface area contributed by atoms with Crippen LogP contribution < -0.4 is 5.32 Å². The summed E-state index contributed by atoms with van der Waals surface area (Å²) in [6.07, 6.45) is 0.862. The monoisotopic (exact) mass is 373 g/mol. The molecule has 0 spiro atoms. The molecule has 1 N–H and O–H groups in total. The Kier molecular flexibility index (Phi) is 5.55. The Hall–Kier alpha value is -2.12. The molecule has 0 unspecified atom stereocenters. The Morgan fingerprint density at radius 2 is 2.12 bits per heavy atom. The van der Waals surface area contributed by atoms with Crippen molar-refractivity contribution in [3.63, 3.8) is 0 Å². The summed E-state index contributed by atoms with van der Waals surface area (Å²) in [7, 11) is 0. The van der Waals surface area contributed by atoms with E-state index in [0.29, 0.717) is 16.4 Å². The standard InChI is InChI=1S/C18H19N3O2S2/c1-4-15-12(3)25-18(19-15)20-17(22)14-7-5-6-8-16(14)24-10-13-9-11(2)21-23-13/h5-9H,4,10H2,1-3H3,(H,19,20,22). The second-order valence-corrected chi connectivity index (χ2v) is 7.77. The minimum atomic E-state index is -0.145. The van der Waals surface area contributed by atoms with Crippen LogP contribution >= 0.6 is 23.1 Å². The molecular formula is C18H19N3O2S2. The zero-order valence-electron chi connectivity index (χ0n) is 14.3. The number of nitrogens with zero attached hydrogens (tertiary/aromatic N) is 2. The predicted molar refractivity (Wildman–Crippen MR) is 101 cm³/mol. The summed E-state index contributed by atoms with van der Waals surface area (Å²) in [4.78, 5) is 19.2. The summed E-state index contributed by atoms with van der Waals surface area (Å²) in [6.45, 7) is 5.97. The molecule has 0 aliphatic carbocycles. The van der Waals surface area contributed by atoms with E-state index in [4.69, 9.17) is 4.52 Å². The van der Waals surface area contributed by atoms with Crippen LogP contribution in [0.2, 0.25) is 0 Å². The lowest BCUT2D eigenvalue weighted by Crippen LogP contribution is -2.12. The molecule has 0 aliphatic heterocycles. The van der Waals surface area contributed by atoms with Crippen LogP contribution in [-0.2, 0) is 12.2 Å². The van der Waals surface area contributed by atoms with Gasteiger partial charge in [0.05, 0.1) is 22.7 Å². The van der Waals surface area contributed by atoms with Crippen molar-refractivity contribution >= 4 is 34.1 Å². The molecule has 7 heteroatoms. The molecule has 2 heterocycles. The SMILES string of the molecule is CCc1nc(NC(=O)c2ccccc2SCc2cc(C)no2)sc1C. The van der Waals surface area contributed by atoms with Crippen LogP contribution in [0.15, 0.2) is 39.8 Å². The number of carbonyl (C=O) groups is 1. The van der Waals surface area contributed by atoms with Gasteiger partial charge in [0.2, 0.25) is 0 Å². The lowest BCUT2D eigenvalue weighted by Gasteiger charge is -2.07. The maximum atomic E-state index is 12.7. The van der Waals surface area contributed by atoms with Crippen LogP contribution in [0, 0.1) is 13.8 Å². The highest BCUT2D eigenvalue weighted by atomic mass is 32.2. The average Bonchev–Trinajstić information content (AvgIpc) is 3.18. The first-order valence-electron chi connectivity index (χ1n) is 7.98. The van der Waals surface area contributed by atoms with Gasteiger partial charge < -0.3 is 4.52 Å². The molecule has 3 rings (SSSR count). The van der Waals surface area contributed by atoms with Gasteiger partial charge in [0.1, 0.15) is 5.76 Å². The van der Waals surface area contributed by atoms with Gasteiger partial charge in [-0.05, 0) is 32.4 Å². The van der Waals surface area contributed by atoms with Crippen LogP contribution in [0.25, 0.3) is 0 Å². The van der Waals surface area contributed by atoms with E-state index < -0.39 is 0 Å². The van der Waals surface area contributed by atoms with Crippen molar-refractivity contribution in [2.24, 2.45) is 0 Å². The van der Waals surface area contributed by atoms with Crippen molar-refractivity contribution in [1.29, 1.82) is 0 Å². The van der Waals surface area contributed by atoms with Crippen molar-refractivity contribution in [3.05, 3.63) is 57.9 Å². The van der Waals surface area contributed by atoms with Crippen molar-refractivity contribution in [3.8, 4) is 0 Å². The van der Waals surface area contributed by atoms with Gasteiger partial charge in [-0.25, -0.2) is 4.98 Å². The van der Waals surface area contributed by atoms with Gasteiger partial charge >= 0.3 is 0 Å². The van der Waals surface area contributed by atoms with E-state index in [-0.39, 0.29) is 5.91 Å². The number of nitrogens with one attached hydrogen (secondary N) is 1. The van der Waals surface area contributed by atoms with Crippen LogP contribution in [0.5, 0.6) is 0 Å². The van der Waals surface area contributed by atoms with Crippen molar-refractivity contribution < 1.29 is 9.32 Å². The number of aryl methyl sites for hydroxylation is 3. The third-order valence-corrected chi connectivity index (χ3v) is 5.65. The Bertz CT molecular complexity index is 886. The molecule has 25 heavy (non-hydrogen) atoms. The second kappa shape index (κ2) is 7.84. The number of carbonyl (C=O) groups excluding carboxylic acids is 1. The van der Waals surface area contributed by atoms with Crippen LogP contribution in [0.3, 0.4) is 0 Å². The van der Waals surface area contributed by atoms with Crippen LogP contribution in [0.1, 0.15) is 39.3 Å². The molecule has 1 amide bonds. The molecule has 0 aliphatic rings. The summed E-state index contributed by atoms with van der Waals surface area (Å²) < 4.78 is 5.23. The van der Waals surface area contributed by atoms with E-state index in [1.54, 1.807) is 11.8 Å². The number of thiazole rings is 1. The first kappa shape index (κ1) is 17.7. The number of hydrogen-bond acceptors (Lipinski definition) is 6. The van der Waals surface area contributed by atoms with Crippen molar-refractivity contribution in [1.82, 2.24) is 10.1 Å². The Balaban J connectivity index is 1.73. The van der Waals surface area contributed by atoms with Gasteiger partial charge in [-0.15, -0.1) is 23.1 Å². The third kappa shape index (κ3) is 4.29. The maximum absolute atomic E-state index is 12.7. The summed E-state index contributed by atoms with van der Waals surface area (Å²) in [6, 6.07) is 9.45. The fourth-order valence-corrected chi connectivity index (χ4v) is 4.21. The molecule has 5 nitrogen and oxygen atoms in total. The Morgan fingerprint density at radius 3 is 2.80 bits per heavy atom. The molecule has 1 aromatic carbocycles. The minimum absolute atomic E-state index is 0.145. The van der Waals surface area contributed by atoms with Gasteiger partial charge in [0, 0.05) is 15.8 Å². The topological polar surface area (TPSA) is 68.0 Å². The molecule has 0 bridgehead atoms. The number of rotatable bonds is 6. The van der Waals surface area contributed by atoms with Crippen molar-refractivity contribution in [2.75, 3.05) is 5.32 Å². The number of benzene rings is 1. The van der Waals surface area contributed by atoms with Crippen molar-refractivity contribution in [2.45, 2.75) is 37.8 Å². The molecule has 0 fully saturated rings. The number of aromatic nitrogens is 2. The van der Waals surface area contributed by atoms with Crippen LogP contribution in [-0.4, -0.2) is 16.0 Å². The fourth-order valence-electron chi connectivity index (χ4n) is 2.39. The zero-order chi connectivity index (χ0) is 17.8. The summed E-state index contributed by atoms with van der Waals surface area (Å²) in [5.41, 5.74) is 2.52. The highest BCUT2D eigenvalue weighted by Crippen LogP contribution is 2.28. The number of anilines is 1. The summed E-state index contributed by atoms with van der Waals surface area (Å²) in [5.74, 6) is 1.27. The average molecular weight is 374 g/mol. The van der Waals surface area contributed by atoms with E-state index in [1.807, 2.05) is 44.2 Å². The second-order valence-electron chi connectivity index (χ2n) is 5.55. The molecule has 0 radical (unpaired) electrons. The lowest BCUT2D eigenvalue weighted by molar-refractivity contribution is 0.102. The van der Waals surface area contributed by atoms with Gasteiger partial charge in [-0.1, -0.05) is 24.2 Å². The fraction of sp³-hybridized carbons (Fsp3) is 0.278. The molecule has 3 aromatic rings. The Labute approximate surface area is 154 Å². The molecular weight excluding hydrogens is 354 g/mol. The van der Waals surface area contributed by atoms with E-state index in [2.05, 4.69) is 22.4 Å². The zero-order valence-corrected chi connectivity index (χ0v) is 16.0. The molecule has 130 valence electrons.